The van der Waals surface area contributed by atoms with Gasteiger partial charge in [0.15, 0.2) is 10.9 Å². The average molecular weight is 299 g/mol. The van der Waals surface area contributed by atoms with Gasteiger partial charge in [0.25, 0.3) is 0 Å². The summed E-state index contributed by atoms with van der Waals surface area (Å²) in [7, 11) is 0.649. The number of hydrogen-bond donors (Lipinski definition) is 3. The Morgan fingerprint density at radius 2 is 2.42 bits per heavy atom. The zero-order valence-corrected chi connectivity index (χ0v) is 12.5. The molecule has 0 bridgehead atoms. The first-order valence-electron chi connectivity index (χ1n) is 5.89. The predicted octanol–water partition coefficient (Wildman–Crippen LogP) is 1.65. The number of nitrogens with zero attached hydrogens (tertiary/aromatic N) is 2. The molecule has 0 amide bonds. The molecular formula is C11H17N5OS2. The summed E-state index contributed by atoms with van der Waals surface area (Å²) in [5, 5.41) is 4.59. The van der Waals surface area contributed by atoms with Crippen LogP contribution in [-0.2, 0) is 5.75 Å². The van der Waals surface area contributed by atoms with Gasteiger partial charge in [0.2, 0.25) is 0 Å². The van der Waals surface area contributed by atoms with Crippen molar-refractivity contribution in [3.63, 3.8) is 0 Å². The first-order valence-corrected chi connectivity index (χ1v) is 8.25. The van der Waals surface area contributed by atoms with E-state index in [2.05, 4.69) is 24.7 Å². The van der Waals surface area contributed by atoms with Gasteiger partial charge in [-0.25, -0.2) is 4.98 Å². The van der Waals surface area contributed by atoms with Gasteiger partial charge in [-0.05, 0) is 6.92 Å². The molecule has 0 aliphatic carbocycles. The van der Waals surface area contributed by atoms with E-state index in [1.54, 1.807) is 30.5 Å². The normalized spacial score (nSPS) is 13.0. The van der Waals surface area contributed by atoms with Gasteiger partial charge in [0.1, 0.15) is 5.69 Å². The molecule has 0 radical (unpaired) electrons. The van der Waals surface area contributed by atoms with Crippen molar-refractivity contribution >= 4 is 28.4 Å². The number of nitrogens with one attached hydrogen (secondary N) is 3. The molecule has 2 rings (SSSR count). The Labute approximate surface area is 118 Å². The van der Waals surface area contributed by atoms with E-state index in [0.29, 0.717) is 12.0 Å². The molecule has 2 aromatic heterocycles. The molecule has 19 heavy (non-hydrogen) atoms. The molecule has 0 aromatic carbocycles. The van der Waals surface area contributed by atoms with Crippen LogP contribution in [-0.4, -0.2) is 38.2 Å². The number of aromatic amines is 2. The fourth-order valence-corrected chi connectivity index (χ4v) is 3.28. The third-order valence-electron chi connectivity index (χ3n) is 2.63. The van der Waals surface area contributed by atoms with Crippen molar-refractivity contribution in [2.24, 2.45) is 4.99 Å². The summed E-state index contributed by atoms with van der Waals surface area (Å²) in [6, 6.07) is 0. The molecule has 3 N–H and O–H groups in total. The molecule has 0 saturated carbocycles. The molecule has 0 spiro atoms. The van der Waals surface area contributed by atoms with Gasteiger partial charge in [0, 0.05) is 35.2 Å². The van der Waals surface area contributed by atoms with Crippen LogP contribution in [0.2, 0.25) is 0 Å². The summed E-state index contributed by atoms with van der Waals surface area (Å²) < 4.78 is 14.1. The summed E-state index contributed by atoms with van der Waals surface area (Å²) in [6.45, 7) is 2.71. The lowest BCUT2D eigenvalue weighted by Crippen LogP contribution is -2.09. The van der Waals surface area contributed by atoms with Crippen molar-refractivity contribution in [2.75, 3.05) is 24.7 Å². The van der Waals surface area contributed by atoms with Crippen molar-refractivity contribution in [1.29, 1.82) is 0 Å². The second kappa shape index (κ2) is 6.78. The van der Waals surface area contributed by atoms with Gasteiger partial charge in [0.05, 0.1) is 18.6 Å². The number of anilines is 1. The number of thioether (sulfide) groups is 1. The van der Waals surface area contributed by atoms with Crippen molar-refractivity contribution in [2.45, 2.75) is 12.7 Å². The number of H-pyrrole nitrogens is 2. The van der Waals surface area contributed by atoms with Gasteiger partial charge in [-0.1, -0.05) is 0 Å². The maximum atomic E-state index is 11.3. The van der Waals surface area contributed by atoms with E-state index >= 15 is 0 Å². The van der Waals surface area contributed by atoms with Crippen molar-refractivity contribution < 1.29 is 4.55 Å². The van der Waals surface area contributed by atoms with E-state index in [-0.39, 0.29) is 0 Å². The highest BCUT2D eigenvalue weighted by Gasteiger charge is 2.03. The van der Waals surface area contributed by atoms with Crippen LogP contribution in [0.5, 0.6) is 0 Å². The predicted molar refractivity (Wildman–Crippen MR) is 78.9 cm³/mol. The zero-order valence-electron chi connectivity index (χ0n) is 10.9. The van der Waals surface area contributed by atoms with Crippen molar-refractivity contribution in [3.8, 4) is 0 Å². The Bertz CT molecular complexity index is 586. The number of aromatic nitrogens is 3. The Morgan fingerprint density at radius 3 is 3.11 bits per heavy atom. The topological polar surface area (TPSA) is 91.9 Å². The highest BCUT2D eigenvalue weighted by atomic mass is 32.2. The van der Waals surface area contributed by atoms with Crippen LogP contribution in [0.3, 0.4) is 0 Å². The quantitative estimate of drug-likeness (QED) is 0.558. The number of rotatable bonds is 6. The Balaban J connectivity index is 1.81. The fraction of sp³-hybridized carbons (Fsp3) is 0.455. The zero-order chi connectivity index (χ0) is 13.7. The van der Waals surface area contributed by atoms with Crippen LogP contribution in [0.4, 0.5) is 5.69 Å². The van der Waals surface area contributed by atoms with Crippen LogP contribution in [0.1, 0.15) is 11.4 Å². The van der Waals surface area contributed by atoms with Gasteiger partial charge >= 0.3 is 0 Å². The van der Waals surface area contributed by atoms with E-state index in [9.17, 15) is 4.55 Å². The van der Waals surface area contributed by atoms with Crippen molar-refractivity contribution in [1.82, 2.24) is 14.3 Å². The van der Waals surface area contributed by atoms with E-state index in [1.807, 2.05) is 6.92 Å². The minimum absolute atomic E-state index is 0.678. The minimum atomic E-state index is -1.14. The maximum absolute atomic E-state index is 11.3. The maximum Gasteiger partial charge on any atom is 0.198 e. The molecule has 6 nitrogen and oxygen atoms in total. The largest absolute Gasteiger partial charge is 0.571 e. The third-order valence-corrected chi connectivity index (χ3v) is 4.42. The van der Waals surface area contributed by atoms with E-state index in [0.717, 1.165) is 28.6 Å². The van der Waals surface area contributed by atoms with Gasteiger partial charge < -0.3 is 14.9 Å². The third kappa shape index (κ3) is 3.85. The molecular weight excluding hydrogens is 282 g/mol. The summed E-state index contributed by atoms with van der Waals surface area (Å²) in [5.41, 5.74) is 3.68. The highest BCUT2D eigenvalue weighted by molar-refractivity contribution is 7.98. The average Bonchev–Trinajstić information content (AvgIpc) is 2.95. The van der Waals surface area contributed by atoms with Gasteiger partial charge in [-0.15, -0.1) is 0 Å². The van der Waals surface area contributed by atoms with Crippen LogP contribution in [0.25, 0.3) is 0 Å². The molecule has 0 saturated heterocycles. The first-order chi connectivity index (χ1) is 9.20. The second-order valence-electron chi connectivity index (χ2n) is 3.94. The molecule has 0 aliphatic rings. The number of hydrogen-bond acceptors (Lipinski definition) is 5. The highest BCUT2D eigenvalue weighted by Crippen LogP contribution is 2.12. The first kappa shape index (κ1) is 14.2. The summed E-state index contributed by atoms with van der Waals surface area (Å²) in [6.07, 6.45) is 1.72. The van der Waals surface area contributed by atoms with E-state index in [4.69, 9.17) is 0 Å². The number of imidazole rings is 1. The summed E-state index contributed by atoms with van der Waals surface area (Å²) in [4.78, 5) is 11.7. The molecule has 1 atom stereocenters. The lowest BCUT2D eigenvalue weighted by molar-refractivity contribution is 0.591. The second-order valence-corrected chi connectivity index (χ2v) is 6.08. The molecule has 1 unspecified atom stereocenters. The minimum Gasteiger partial charge on any atom is -0.571 e. The van der Waals surface area contributed by atoms with Crippen LogP contribution in [0, 0.1) is 6.92 Å². The smallest absolute Gasteiger partial charge is 0.198 e. The van der Waals surface area contributed by atoms with Crippen molar-refractivity contribution in [3.05, 3.63) is 28.6 Å². The lowest BCUT2D eigenvalue weighted by Gasteiger charge is -1.97. The van der Waals surface area contributed by atoms with Crippen LogP contribution in [0.15, 0.2) is 16.7 Å². The fourth-order valence-electron chi connectivity index (χ4n) is 1.56. The number of aryl methyl sites for hydroxylation is 1. The summed E-state index contributed by atoms with van der Waals surface area (Å²) >= 11 is 1.79. The molecule has 0 aliphatic heterocycles. The molecule has 2 aromatic rings. The Hall–Kier alpha value is -1.25. The van der Waals surface area contributed by atoms with E-state index < -0.39 is 10.9 Å². The lowest BCUT2D eigenvalue weighted by atomic mass is 10.4. The Kier molecular flexibility index (Phi) is 5.06. The SMILES string of the molecule is CNc1c[s+]([O-])[nH]c1=NCCSCc1nc[nH]c1C. The summed E-state index contributed by atoms with van der Waals surface area (Å²) in [5.74, 6) is 1.79. The standard InChI is InChI=1S/C11H17N5OS2/c1-8-9(15-7-14-8)5-18-4-3-13-11-10(12-2)6-19(17)16-11/h6-7,12H,3-5H2,1-2H3,(H,13,16)(H,14,15). The van der Waals surface area contributed by atoms with Gasteiger partial charge in [-0.3, -0.25) is 4.99 Å². The van der Waals surface area contributed by atoms with Crippen LogP contribution >= 0.6 is 22.7 Å². The monoisotopic (exact) mass is 299 g/mol. The molecule has 104 valence electrons. The Morgan fingerprint density at radius 1 is 1.58 bits per heavy atom. The molecule has 0 fully saturated rings. The molecule has 2 heterocycles. The van der Waals surface area contributed by atoms with Gasteiger partial charge in [-0.2, -0.15) is 16.1 Å². The van der Waals surface area contributed by atoms with Crippen LogP contribution < -0.4 is 10.8 Å². The van der Waals surface area contributed by atoms with E-state index in [1.165, 1.54) is 0 Å². The molecule has 8 heteroatoms.